The lowest BCUT2D eigenvalue weighted by Crippen LogP contribution is -2.39. The second-order valence-electron chi connectivity index (χ2n) is 5.89. The fourth-order valence-electron chi connectivity index (χ4n) is 2.91. The summed E-state index contributed by atoms with van der Waals surface area (Å²) in [5.74, 6) is -0.939. The molecule has 4 rings (SSSR count). The van der Waals surface area contributed by atoms with E-state index in [-0.39, 0.29) is 12.1 Å². The first-order chi connectivity index (χ1) is 12.6. The van der Waals surface area contributed by atoms with Gasteiger partial charge in [-0.15, -0.1) is 0 Å². The van der Waals surface area contributed by atoms with Crippen molar-refractivity contribution in [2.45, 2.75) is 12.5 Å². The van der Waals surface area contributed by atoms with Gasteiger partial charge in [0, 0.05) is 6.42 Å². The lowest BCUT2D eigenvalue weighted by Gasteiger charge is -2.20. The number of primary amides is 1. The molecule has 130 valence electrons. The number of para-hydroxylation sites is 3. The molecule has 1 aromatic heterocycles. The molecule has 26 heavy (non-hydrogen) atoms. The lowest BCUT2D eigenvalue weighted by molar-refractivity contribution is -0.119. The number of carbonyl (C=O) groups is 2. The van der Waals surface area contributed by atoms with Crippen LogP contribution in [0.4, 0.5) is 5.69 Å². The van der Waals surface area contributed by atoms with E-state index in [1.807, 2.05) is 54.6 Å². The number of benzene rings is 2. The Morgan fingerprint density at radius 3 is 2.58 bits per heavy atom. The second kappa shape index (κ2) is 6.32. The summed E-state index contributed by atoms with van der Waals surface area (Å²) in [5.41, 5.74) is 10.7. The summed E-state index contributed by atoms with van der Waals surface area (Å²) in [6.45, 7) is 0. The molecule has 1 atom stereocenters. The number of hydrogen-bond donors (Lipinski definition) is 2. The van der Waals surface area contributed by atoms with Crippen LogP contribution in [0, 0.1) is 0 Å². The van der Waals surface area contributed by atoms with Gasteiger partial charge in [0.05, 0.1) is 16.7 Å². The first kappa shape index (κ1) is 15.8. The van der Waals surface area contributed by atoms with Gasteiger partial charge in [-0.25, -0.2) is 9.66 Å². The van der Waals surface area contributed by atoms with E-state index in [1.54, 1.807) is 0 Å². The molecule has 2 amide bonds. The minimum Gasteiger partial charge on any atom is -0.368 e. The van der Waals surface area contributed by atoms with Gasteiger partial charge < -0.3 is 5.73 Å². The SMILES string of the molecule is NC(=O)C1CC(C(=O)Nn2cnc3ccccc32)=NN1c1ccccc1. The Kier molecular flexibility index (Phi) is 3.85. The van der Waals surface area contributed by atoms with Gasteiger partial charge in [0.25, 0.3) is 5.91 Å². The highest BCUT2D eigenvalue weighted by Crippen LogP contribution is 2.24. The van der Waals surface area contributed by atoms with Crippen molar-refractivity contribution in [3.63, 3.8) is 0 Å². The van der Waals surface area contributed by atoms with Crippen LogP contribution in [-0.2, 0) is 9.59 Å². The van der Waals surface area contributed by atoms with Gasteiger partial charge in [0.1, 0.15) is 18.1 Å². The Labute approximate surface area is 148 Å². The predicted molar refractivity (Wildman–Crippen MR) is 98.1 cm³/mol. The van der Waals surface area contributed by atoms with E-state index < -0.39 is 17.9 Å². The maximum atomic E-state index is 12.6. The predicted octanol–water partition coefficient (Wildman–Crippen LogP) is 1.23. The molecule has 3 N–H and O–H groups in total. The first-order valence-corrected chi connectivity index (χ1v) is 8.08. The largest absolute Gasteiger partial charge is 0.368 e. The molecule has 1 aliphatic rings. The van der Waals surface area contributed by atoms with Gasteiger partial charge in [-0.1, -0.05) is 30.3 Å². The maximum absolute atomic E-state index is 12.6. The third-order valence-corrected chi connectivity index (χ3v) is 4.20. The standard InChI is InChI=1S/C18H16N6O2/c19-17(25)16-10-14(21-24(16)12-6-2-1-3-7-12)18(26)22-23-11-20-13-8-4-5-9-15(13)23/h1-9,11,16H,10H2,(H2,19,25)(H,22,26). The van der Waals surface area contributed by atoms with Gasteiger partial charge in [-0.05, 0) is 24.3 Å². The number of nitrogens with two attached hydrogens (primary N) is 1. The number of imidazole rings is 1. The molecule has 0 radical (unpaired) electrons. The Morgan fingerprint density at radius 2 is 1.81 bits per heavy atom. The van der Waals surface area contributed by atoms with E-state index in [4.69, 9.17) is 5.73 Å². The van der Waals surface area contributed by atoms with Crippen LogP contribution in [0.5, 0.6) is 0 Å². The van der Waals surface area contributed by atoms with Crippen molar-refractivity contribution in [1.82, 2.24) is 9.66 Å². The van der Waals surface area contributed by atoms with E-state index in [0.717, 1.165) is 11.0 Å². The number of nitrogens with zero attached hydrogens (tertiary/aromatic N) is 4. The Hall–Kier alpha value is -3.68. The van der Waals surface area contributed by atoms with Crippen molar-refractivity contribution >= 4 is 34.2 Å². The van der Waals surface area contributed by atoms with Crippen LogP contribution in [0.1, 0.15) is 6.42 Å². The van der Waals surface area contributed by atoms with Crippen molar-refractivity contribution in [1.29, 1.82) is 0 Å². The minimum atomic E-state index is -0.697. The van der Waals surface area contributed by atoms with Crippen molar-refractivity contribution in [2.24, 2.45) is 10.8 Å². The number of rotatable bonds is 4. The van der Waals surface area contributed by atoms with Gasteiger partial charge in [0.15, 0.2) is 0 Å². The molecule has 8 heteroatoms. The van der Waals surface area contributed by atoms with Crippen molar-refractivity contribution in [2.75, 3.05) is 10.4 Å². The second-order valence-corrected chi connectivity index (χ2v) is 5.89. The number of nitrogens with one attached hydrogen (secondary N) is 1. The highest BCUT2D eigenvalue weighted by Gasteiger charge is 2.35. The van der Waals surface area contributed by atoms with Crippen LogP contribution < -0.4 is 16.2 Å². The van der Waals surface area contributed by atoms with E-state index in [1.165, 1.54) is 16.0 Å². The number of hydrogen-bond acceptors (Lipinski definition) is 5. The molecular weight excluding hydrogens is 332 g/mol. The average molecular weight is 348 g/mol. The number of aromatic nitrogens is 2. The van der Waals surface area contributed by atoms with Crippen LogP contribution in [0.15, 0.2) is 66.0 Å². The summed E-state index contributed by atoms with van der Waals surface area (Å²) in [4.78, 5) is 28.7. The number of carbonyl (C=O) groups excluding carboxylic acids is 2. The molecule has 0 spiro atoms. The monoisotopic (exact) mass is 348 g/mol. The average Bonchev–Trinajstić information content (AvgIpc) is 3.28. The van der Waals surface area contributed by atoms with Crippen LogP contribution in [0.25, 0.3) is 11.0 Å². The van der Waals surface area contributed by atoms with Gasteiger partial charge in [-0.3, -0.25) is 20.0 Å². The zero-order chi connectivity index (χ0) is 18.1. The quantitative estimate of drug-likeness (QED) is 0.739. The number of amides is 2. The molecule has 0 saturated heterocycles. The maximum Gasteiger partial charge on any atom is 0.286 e. The van der Waals surface area contributed by atoms with E-state index in [2.05, 4.69) is 15.5 Å². The Bertz CT molecular complexity index is 1010. The molecule has 2 aromatic carbocycles. The smallest absolute Gasteiger partial charge is 0.286 e. The fourth-order valence-corrected chi connectivity index (χ4v) is 2.91. The summed E-state index contributed by atoms with van der Waals surface area (Å²) in [7, 11) is 0. The van der Waals surface area contributed by atoms with Crippen molar-refractivity contribution in [3.8, 4) is 0 Å². The molecule has 0 aliphatic carbocycles. The zero-order valence-corrected chi connectivity index (χ0v) is 13.7. The van der Waals surface area contributed by atoms with E-state index in [0.29, 0.717) is 5.69 Å². The van der Waals surface area contributed by atoms with E-state index >= 15 is 0 Å². The third-order valence-electron chi connectivity index (χ3n) is 4.20. The number of anilines is 1. The topological polar surface area (TPSA) is 106 Å². The molecule has 1 unspecified atom stereocenters. The summed E-state index contributed by atoms with van der Waals surface area (Å²) < 4.78 is 1.53. The van der Waals surface area contributed by atoms with Crippen molar-refractivity contribution in [3.05, 3.63) is 60.9 Å². The normalized spacial score (nSPS) is 16.5. The molecule has 0 fully saturated rings. The number of hydrazone groups is 1. The fraction of sp³-hybridized carbons (Fsp3) is 0.111. The molecule has 8 nitrogen and oxygen atoms in total. The van der Waals surface area contributed by atoms with Crippen LogP contribution >= 0.6 is 0 Å². The van der Waals surface area contributed by atoms with E-state index in [9.17, 15) is 9.59 Å². The Morgan fingerprint density at radius 1 is 1.08 bits per heavy atom. The molecule has 3 aromatic rings. The highest BCUT2D eigenvalue weighted by molar-refractivity contribution is 6.43. The van der Waals surface area contributed by atoms with Gasteiger partial charge in [0.2, 0.25) is 5.91 Å². The van der Waals surface area contributed by atoms with Gasteiger partial charge in [-0.2, -0.15) is 5.10 Å². The molecule has 0 bridgehead atoms. The third kappa shape index (κ3) is 2.77. The van der Waals surface area contributed by atoms with Crippen LogP contribution in [0.2, 0.25) is 0 Å². The highest BCUT2D eigenvalue weighted by atomic mass is 16.2. The molecule has 1 aliphatic heterocycles. The summed E-state index contributed by atoms with van der Waals surface area (Å²) >= 11 is 0. The first-order valence-electron chi connectivity index (χ1n) is 8.08. The molecule has 2 heterocycles. The summed E-state index contributed by atoms with van der Waals surface area (Å²) in [6, 6.07) is 15.9. The molecular formula is C18H16N6O2. The summed E-state index contributed by atoms with van der Waals surface area (Å²) in [5, 5.41) is 5.81. The van der Waals surface area contributed by atoms with Crippen molar-refractivity contribution < 1.29 is 9.59 Å². The zero-order valence-electron chi connectivity index (χ0n) is 13.7. The summed E-state index contributed by atoms with van der Waals surface area (Å²) in [6.07, 6.45) is 1.67. The Balaban J connectivity index is 1.60. The van der Waals surface area contributed by atoms with Gasteiger partial charge >= 0.3 is 0 Å². The lowest BCUT2D eigenvalue weighted by atomic mass is 10.1. The molecule has 0 saturated carbocycles. The number of fused-ring (bicyclic) bond motifs is 1. The van der Waals surface area contributed by atoms with Crippen LogP contribution in [-0.4, -0.2) is 33.2 Å². The van der Waals surface area contributed by atoms with Crippen LogP contribution in [0.3, 0.4) is 0 Å². The minimum absolute atomic E-state index is 0.142.